The van der Waals surface area contributed by atoms with E-state index in [9.17, 15) is 0 Å². The number of fused-ring (bicyclic) bond motifs is 1. The molecular formula is C12H18N6. The fourth-order valence-corrected chi connectivity index (χ4v) is 2.85. The summed E-state index contributed by atoms with van der Waals surface area (Å²) in [6.45, 7) is 3.09. The highest BCUT2D eigenvalue weighted by molar-refractivity contribution is 5.87. The number of H-pyrrole nitrogens is 1. The van der Waals surface area contributed by atoms with Crippen molar-refractivity contribution in [2.75, 3.05) is 17.2 Å². The van der Waals surface area contributed by atoms with Crippen molar-refractivity contribution in [1.82, 2.24) is 20.2 Å². The summed E-state index contributed by atoms with van der Waals surface area (Å²) in [5.74, 6) is 1.22. The number of aromatic nitrogens is 4. The Hall–Kier alpha value is -1.85. The van der Waals surface area contributed by atoms with Gasteiger partial charge < -0.3 is 10.6 Å². The molecule has 0 aromatic carbocycles. The van der Waals surface area contributed by atoms with Gasteiger partial charge in [-0.3, -0.25) is 5.10 Å². The van der Waals surface area contributed by atoms with Crippen LogP contribution in [-0.4, -0.2) is 32.8 Å². The third-order valence-corrected chi connectivity index (χ3v) is 3.69. The maximum absolute atomic E-state index is 5.78. The second kappa shape index (κ2) is 4.44. The van der Waals surface area contributed by atoms with Crippen LogP contribution < -0.4 is 10.6 Å². The molecule has 2 aromatic rings. The fourth-order valence-electron chi connectivity index (χ4n) is 2.85. The summed E-state index contributed by atoms with van der Waals surface area (Å²) in [5.41, 5.74) is 6.50. The zero-order valence-corrected chi connectivity index (χ0v) is 10.6. The summed E-state index contributed by atoms with van der Waals surface area (Å²) in [6.07, 6.45) is 6.85. The minimum absolute atomic E-state index is 0.304. The molecule has 1 saturated carbocycles. The van der Waals surface area contributed by atoms with Crippen molar-refractivity contribution in [1.29, 1.82) is 0 Å². The van der Waals surface area contributed by atoms with Crippen molar-refractivity contribution < 1.29 is 0 Å². The zero-order valence-electron chi connectivity index (χ0n) is 10.6. The second-order valence-corrected chi connectivity index (χ2v) is 4.76. The van der Waals surface area contributed by atoms with Crippen LogP contribution in [0.3, 0.4) is 0 Å². The van der Waals surface area contributed by atoms with E-state index in [-0.39, 0.29) is 0 Å². The van der Waals surface area contributed by atoms with Crippen LogP contribution in [0.1, 0.15) is 32.6 Å². The topological polar surface area (TPSA) is 83.7 Å². The molecular weight excluding hydrogens is 228 g/mol. The van der Waals surface area contributed by atoms with E-state index in [1.165, 1.54) is 25.7 Å². The Morgan fingerprint density at radius 3 is 2.89 bits per heavy atom. The predicted molar refractivity (Wildman–Crippen MR) is 71.4 cm³/mol. The first kappa shape index (κ1) is 11.3. The van der Waals surface area contributed by atoms with Crippen molar-refractivity contribution in [3.8, 4) is 0 Å². The smallest absolute Gasteiger partial charge is 0.224 e. The first-order chi connectivity index (χ1) is 8.79. The van der Waals surface area contributed by atoms with E-state index < -0.39 is 0 Å². The third kappa shape index (κ3) is 1.77. The van der Waals surface area contributed by atoms with Gasteiger partial charge in [0.25, 0.3) is 0 Å². The van der Waals surface area contributed by atoms with Crippen LogP contribution >= 0.6 is 0 Å². The average molecular weight is 246 g/mol. The van der Waals surface area contributed by atoms with E-state index in [2.05, 4.69) is 32.0 Å². The minimum Gasteiger partial charge on any atom is -0.368 e. The number of nitrogens with one attached hydrogen (secondary N) is 1. The number of nitrogens with two attached hydrogens (primary N) is 1. The average Bonchev–Trinajstić information content (AvgIpc) is 2.99. The highest BCUT2D eigenvalue weighted by Gasteiger charge is 2.24. The lowest BCUT2D eigenvalue weighted by Gasteiger charge is -2.29. The molecule has 0 bridgehead atoms. The molecule has 6 heteroatoms. The zero-order chi connectivity index (χ0) is 12.5. The van der Waals surface area contributed by atoms with Crippen LogP contribution in [0.5, 0.6) is 0 Å². The fraction of sp³-hybridized carbons (Fsp3) is 0.583. The Bertz CT molecular complexity index is 542. The van der Waals surface area contributed by atoms with E-state index in [1.807, 2.05) is 0 Å². The maximum Gasteiger partial charge on any atom is 0.224 e. The Balaban J connectivity index is 2.07. The van der Waals surface area contributed by atoms with Gasteiger partial charge in [0.15, 0.2) is 5.65 Å². The van der Waals surface area contributed by atoms with Gasteiger partial charge in [-0.05, 0) is 19.8 Å². The third-order valence-electron chi connectivity index (χ3n) is 3.69. The molecule has 0 unspecified atom stereocenters. The number of anilines is 2. The van der Waals surface area contributed by atoms with E-state index in [0.29, 0.717) is 17.6 Å². The molecule has 0 aliphatic heterocycles. The molecule has 2 aromatic heterocycles. The Kier molecular flexibility index (Phi) is 2.77. The summed E-state index contributed by atoms with van der Waals surface area (Å²) in [6, 6.07) is 0.572. The van der Waals surface area contributed by atoms with Crippen LogP contribution in [0.15, 0.2) is 6.20 Å². The van der Waals surface area contributed by atoms with Gasteiger partial charge in [-0.1, -0.05) is 12.8 Å². The number of nitrogen functional groups attached to an aromatic ring is 1. The largest absolute Gasteiger partial charge is 0.368 e. The van der Waals surface area contributed by atoms with Gasteiger partial charge in [-0.2, -0.15) is 15.1 Å². The van der Waals surface area contributed by atoms with E-state index >= 15 is 0 Å². The van der Waals surface area contributed by atoms with Crippen molar-refractivity contribution in [3.63, 3.8) is 0 Å². The monoisotopic (exact) mass is 246 g/mol. The van der Waals surface area contributed by atoms with Gasteiger partial charge >= 0.3 is 0 Å². The predicted octanol–water partition coefficient (Wildman–Crippen LogP) is 1.70. The lowest BCUT2D eigenvalue weighted by atomic mass is 10.2. The van der Waals surface area contributed by atoms with E-state index in [4.69, 9.17) is 5.73 Å². The number of aromatic amines is 1. The van der Waals surface area contributed by atoms with Crippen molar-refractivity contribution in [2.45, 2.75) is 38.6 Å². The van der Waals surface area contributed by atoms with E-state index in [1.54, 1.807) is 6.20 Å². The summed E-state index contributed by atoms with van der Waals surface area (Å²) < 4.78 is 0. The summed E-state index contributed by atoms with van der Waals surface area (Å²) in [4.78, 5) is 10.9. The van der Waals surface area contributed by atoms with Gasteiger partial charge in [-0.15, -0.1) is 0 Å². The molecule has 18 heavy (non-hydrogen) atoms. The molecule has 0 saturated heterocycles. The van der Waals surface area contributed by atoms with Crippen LogP contribution in [0, 0.1) is 0 Å². The van der Waals surface area contributed by atoms with Gasteiger partial charge in [0, 0.05) is 12.6 Å². The molecule has 1 aliphatic carbocycles. The van der Waals surface area contributed by atoms with Crippen molar-refractivity contribution >= 4 is 22.8 Å². The number of nitrogens with zero attached hydrogens (tertiary/aromatic N) is 4. The molecule has 0 amide bonds. The van der Waals surface area contributed by atoms with Crippen LogP contribution in [0.2, 0.25) is 0 Å². The standard InChI is InChI=1S/C12H18N6/c1-2-18(8-5-3-4-6-8)11-9-7-14-17-10(9)15-12(13)16-11/h7-8H,2-6H2,1H3,(H3,13,14,15,16,17). The number of hydrogen-bond donors (Lipinski definition) is 2. The molecule has 0 radical (unpaired) electrons. The molecule has 6 nitrogen and oxygen atoms in total. The quantitative estimate of drug-likeness (QED) is 0.861. The maximum atomic E-state index is 5.78. The Labute approximate surface area is 106 Å². The Morgan fingerprint density at radius 2 is 2.17 bits per heavy atom. The Morgan fingerprint density at radius 1 is 1.39 bits per heavy atom. The lowest BCUT2D eigenvalue weighted by molar-refractivity contribution is 0.615. The normalized spacial score (nSPS) is 16.5. The van der Waals surface area contributed by atoms with Gasteiger partial charge in [0.1, 0.15) is 5.82 Å². The summed E-state index contributed by atoms with van der Waals surface area (Å²) in [5, 5.41) is 7.86. The molecule has 1 fully saturated rings. The lowest BCUT2D eigenvalue weighted by Crippen LogP contribution is -2.34. The molecule has 3 rings (SSSR count). The van der Waals surface area contributed by atoms with Crippen LogP contribution in [0.25, 0.3) is 11.0 Å². The molecule has 2 heterocycles. The van der Waals surface area contributed by atoms with Gasteiger partial charge in [-0.25, -0.2) is 0 Å². The number of hydrogen-bond acceptors (Lipinski definition) is 5. The summed E-state index contributed by atoms with van der Waals surface area (Å²) in [7, 11) is 0. The van der Waals surface area contributed by atoms with Gasteiger partial charge in [0.05, 0.1) is 11.6 Å². The second-order valence-electron chi connectivity index (χ2n) is 4.76. The highest BCUT2D eigenvalue weighted by Crippen LogP contribution is 2.30. The number of rotatable bonds is 3. The minimum atomic E-state index is 0.304. The first-order valence-electron chi connectivity index (χ1n) is 6.53. The first-order valence-corrected chi connectivity index (χ1v) is 6.53. The SMILES string of the molecule is CCN(c1nc(N)nc2[nH]ncc12)C1CCCC1. The van der Waals surface area contributed by atoms with Crippen LogP contribution in [-0.2, 0) is 0 Å². The molecule has 0 atom stereocenters. The van der Waals surface area contributed by atoms with Crippen molar-refractivity contribution in [3.05, 3.63) is 6.20 Å². The molecule has 96 valence electrons. The van der Waals surface area contributed by atoms with Crippen LogP contribution in [0.4, 0.5) is 11.8 Å². The summed E-state index contributed by atoms with van der Waals surface area (Å²) >= 11 is 0. The van der Waals surface area contributed by atoms with Crippen molar-refractivity contribution in [2.24, 2.45) is 0 Å². The van der Waals surface area contributed by atoms with Gasteiger partial charge in [0.2, 0.25) is 5.95 Å². The highest BCUT2D eigenvalue weighted by atomic mass is 15.3. The molecule has 3 N–H and O–H groups in total. The molecule has 0 spiro atoms. The van der Waals surface area contributed by atoms with E-state index in [0.717, 1.165) is 17.7 Å². The molecule has 1 aliphatic rings.